The number of rotatable bonds is 0. The zero-order valence-corrected chi connectivity index (χ0v) is 10.5. The van der Waals surface area contributed by atoms with Crippen molar-refractivity contribution in [1.82, 2.24) is 9.97 Å². The molecule has 2 nitrogen and oxygen atoms in total. The second-order valence-corrected chi connectivity index (χ2v) is 4.83. The van der Waals surface area contributed by atoms with Gasteiger partial charge in [0.2, 0.25) is 0 Å². The van der Waals surface area contributed by atoms with Crippen molar-refractivity contribution in [1.29, 1.82) is 0 Å². The summed E-state index contributed by atoms with van der Waals surface area (Å²) >= 11 is 6.39. The summed E-state index contributed by atoms with van der Waals surface area (Å²) in [6.45, 7) is 0. The van der Waals surface area contributed by atoms with Gasteiger partial charge in [-0.25, -0.2) is 9.37 Å². The normalized spacial score (nSPS) is 11.7. The van der Waals surface area contributed by atoms with Gasteiger partial charge >= 0.3 is 0 Å². The van der Waals surface area contributed by atoms with Crippen molar-refractivity contribution in [3.63, 3.8) is 0 Å². The Morgan fingerprint density at radius 2 is 1.79 bits per heavy atom. The highest BCUT2D eigenvalue weighted by molar-refractivity contribution is 6.38. The minimum atomic E-state index is -0.331. The highest BCUT2D eigenvalue weighted by Crippen LogP contribution is 2.39. The molecule has 2 heterocycles. The van der Waals surface area contributed by atoms with Gasteiger partial charge in [0.05, 0.1) is 10.7 Å². The largest absolute Gasteiger partial charge is 0.353 e. The molecule has 4 rings (SSSR count). The SMILES string of the molecule is Fc1cccc2c3[nH]c4ccccc4c(Cl)c-3nc12. The van der Waals surface area contributed by atoms with Crippen molar-refractivity contribution < 1.29 is 4.39 Å². The van der Waals surface area contributed by atoms with Gasteiger partial charge in [0, 0.05) is 16.3 Å². The molecule has 19 heavy (non-hydrogen) atoms. The summed E-state index contributed by atoms with van der Waals surface area (Å²) in [4.78, 5) is 7.61. The topological polar surface area (TPSA) is 28.7 Å². The van der Waals surface area contributed by atoms with E-state index < -0.39 is 0 Å². The lowest BCUT2D eigenvalue weighted by Gasteiger charge is -2.06. The van der Waals surface area contributed by atoms with Gasteiger partial charge in [0.25, 0.3) is 0 Å². The van der Waals surface area contributed by atoms with E-state index in [1.54, 1.807) is 6.07 Å². The van der Waals surface area contributed by atoms with Crippen LogP contribution in [0.3, 0.4) is 0 Å². The summed E-state index contributed by atoms with van der Waals surface area (Å²) in [6.07, 6.45) is 0. The highest BCUT2D eigenvalue weighted by Gasteiger charge is 2.19. The van der Waals surface area contributed by atoms with Crippen LogP contribution in [0.2, 0.25) is 5.02 Å². The van der Waals surface area contributed by atoms with Crippen molar-refractivity contribution >= 4 is 33.4 Å². The lowest BCUT2D eigenvalue weighted by atomic mass is 10.1. The van der Waals surface area contributed by atoms with E-state index in [9.17, 15) is 4.39 Å². The molecule has 2 aliphatic rings. The molecule has 1 N–H and O–H groups in total. The van der Waals surface area contributed by atoms with Crippen LogP contribution in [-0.4, -0.2) is 9.97 Å². The van der Waals surface area contributed by atoms with Crippen LogP contribution in [-0.2, 0) is 0 Å². The maximum atomic E-state index is 13.8. The highest BCUT2D eigenvalue weighted by atomic mass is 35.5. The standard InChI is InChI=1S/C15H8ClFN2/c16-12-8-4-1-2-7-11(8)18-14-9-5-3-6-10(17)13(9)19-15(12)14/h1-7,18H. The summed E-state index contributed by atoms with van der Waals surface area (Å²) in [6, 6.07) is 12.6. The van der Waals surface area contributed by atoms with Gasteiger partial charge in [-0.15, -0.1) is 0 Å². The zero-order valence-electron chi connectivity index (χ0n) is 9.74. The van der Waals surface area contributed by atoms with Crippen molar-refractivity contribution in [2.45, 2.75) is 0 Å². The van der Waals surface area contributed by atoms with Crippen LogP contribution in [0, 0.1) is 5.82 Å². The number of benzene rings is 2. The molecule has 2 aliphatic heterocycles. The Hall–Kier alpha value is -2.13. The molecule has 0 bridgehead atoms. The average molecular weight is 271 g/mol. The first kappa shape index (κ1) is 10.8. The maximum Gasteiger partial charge on any atom is 0.149 e. The molecule has 0 saturated carbocycles. The van der Waals surface area contributed by atoms with Crippen LogP contribution in [0.25, 0.3) is 33.2 Å². The predicted molar refractivity (Wildman–Crippen MR) is 75.2 cm³/mol. The van der Waals surface area contributed by atoms with Crippen molar-refractivity contribution in [2.24, 2.45) is 0 Å². The van der Waals surface area contributed by atoms with Crippen molar-refractivity contribution in [2.75, 3.05) is 0 Å². The molecular weight excluding hydrogens is 263 g/mol. The summed E-state index contributed by atoms with van der Waals surface area (Å²) < 4.78 is 13.8. The van der Waals surface area contributed by atoms with Crippen LogP contribution < -0.4 is 0 Å². The monoisotopic (exact) mass is 270 g/mol. The van der Waals surface area contributed by atoms with Gasteiger partial charge in [0.1, 0.15) is 17.0 Å². The summed E-state index contributed by atoms with van der Waals surface area (Å²) in [5.74, 6) is -0.331. The Bertz CT molecular complexity index is 897. The van der Waals surface area contributed by atoms with E-state index in [0.29, 0.717) is 16.2 Å². The van der Waals surface area contributed by atoms with Gasteiger partial charge in [-0.2, -0.15) is 0 Å². The number of H-pyrrole nitrogens is 1. The Labute approximate surface area is 113 Å². The van der Waals surface area contributed by atoms with Crippen molar-refractivity contribution in [3.05, 3.63) is 53.3 Å². The molecule has 2 aromatic rings. The fourth-order valence-corrected chi connectivity index (χ4v) is 2.76. The summed E-state index contributed by atoms with van der Waals surface area (Å²) in [5, 5.41) is 2.20. The first-order chi connectivity index (χ1) is 9.25. The van der Waals surface area contributed by atoms with Gasteiger partial charge in [-0.3, -0.25) is 0 Å². The Kier molecular flexibility index (Phi) is 2.09. The summed E-state index contributed by atoms with van der Waals surface area (Å²) in [7, 11) is 0. The van der Waals surface area contributed by atoms with E-state index in [0.717, 1.165) is 22.0 Å². The van der Waals surface area contributed by atoms with Crippen LogP contribution >= 0.6 is 11.6 Å². The molecule has 0 amide bonds. The number of halogens is 2. The number of para-hydroxylation sites is 2. The van der Waals surface area contributed by atoms with E-state index >= 15 is 0 Å². The number of nitrogens with one attached hydrogen (secondary N) is 1. The third-order valence-corrected chi connectivity index (χ3v) is 3.73. The molecule has 0 aromatic heterocycles. The van der Waals surface area contributed by atoms with E-state index in [-0.39, 0.29) is 5.82 Å². The second kappa shape index (κ2) is 3.68. The molecule has 0 spiro atoms. The number of fused-ring (bicyclic) bond motifs is 4. The molecule has 0 aliphatic carbocycles. The number of pyridine rings is 1. The molecule has 0 saturated heterocycles. The van der Waals surface area contributed by atoms with Crippen LogP contribution in [0.1, 0.15) is 0 Å². The molecule has 2 aromatic carbocycles. The molecule has 4 heteroatoms. The van der Waals surface area contributed by atoms with Crippen LogP contribution in [0.15, 0.2) is 42.5 Å². The Morgan fingerprint density at radius 3 is 2.68 bits per heavy atom. The average Bonchev–Trinajstić information content (AvgIpc) is 2.80. The number of aromatic nitrogens is 2. The van der Waals surface area contributed by atoms with Gasteiger partial charge in [0.15, 0.2) is 0 Å². The first-order valence-corrected chi connectivity index (χ1v) is 6.27. The summed E-state index contributed by atoms with van der Waals surface area (Å²) in [5.41, 5.74) is 2.66. The Balaban J connectivity index is 2.29. The van der Waals surface area contributed by atoms with E-state index in [2.05, 4.69) is 9.97 Å². The van der Waals surface area contributed by atoms with Crippen LogP contribution in [0.4, 0.5) is 4.39 Å². The van der Waals surface area contributed by atoms with Gasteiger partial charge in [-0.05, 0) is 12.1 Å². The number of hydrogen-bond donors (Lipinski definition) is 1. The fourth-order valence-electron chi connectivity index (χ4n) is 2.46. The zero-order chi connectivity index (χ0) is 13.0. The molecule has 0 fully saturated rings. The van der Waals surface area contributed by atoms with Crippen LogP contribution in [0.5, 0.6) is 0 Å². The Morgan fingerprint density at radius 1 is 1.00 bits per heavy atom. The lowest BCUT2D eigenvalue weighted by Crippen LogP contribution is -1.87. The third kappa shape index (κ3) is 1.39. The van der Waals surface area contributed by atoms with Gasteiger partial charge in [-0.1, -0.05) is 41.9 Å². The lowest BCUT2D eigenvalue weighted by molar-refractivity contribution is 0.637. The van der Waals surface area contributed by atoms with E-state index in [4.69, 9.17) is 11.6 Å². The molecular formula is C15H8ClFN2. The number of hydrogen-bond acceptors (Lipinski definition) is 1. The fraction of sp³-hybridized carbons (Fsp3) is 0. The minimum Gasteiger partial charge on any atom is -0.353 e. The molecule has 92 valence electrons. The second-order valence-electron chi connectivity index (χ2n) is 4.46. The quantitative estimate of drug-likeness (QED) is 0.496. The first-order valence-electron chi connectivity index (χ1n) is 5.90. The van der Waals surface area contributed by atoms with Gasteiger partial charge < -0.3 is 4.98 Å². The predicted octanol–water partition coefficient (Wildman–Crippen LogP) is 4.61. The molecule has 0 radical (unpaired) electrons. The van der Waals surface area contributed by atoms with Crippen molar-refractivity contribution in [3.8, 4) is 11.4 Å². The van der Waals surface area contributed by atoms with E-state index in [1.807, 2.05) is 30.3 Å². The van der Waals surface area contributed by atoms with E-state index in [1.165, 1.54) is 6.07 Å². The number of aromatic amines is 1. The minimum absolute atomic E-state index is 0.331. The molecule has 0 atom stereocenters. The maximum absolute atomic E-state index is 13.8. The smallest absolute Gasteiger partial charge is 0.149 e. The third-order valence-electron chi connectivity index (χ3n) is 3.35. The number of nitrogens with zero attached hydrogens (tertiary/aromatic N) is 1. The molecule has 0 unspecified atom stereocenters.